The fourth-order valence-corrected chi connectivity index (χ4v) is 3.35. The molecule has 0 aliphatic carbocycles. The van der Waals surface area contributed by atoms with Crippen LogP contribution in [0.2, 0.25) is 0 Å². The summed E-state index contributed by atoms with van der Waals surface area (Å²) < 4.78 is 24.5. The second kappa shape index (κ2) is 9.61. The van der Waals surface area contributed by atoms with E-state index in [0.29, 0.717) is 43.4 Å². The van der Waals surface area contributed by atoms with Crippen molar-refractivity contribution in [3.63, 3.8) is 0 Å². The van der Waals surface area contributed by atoms with Gasteiger partial charge in [-0.1, -0.05) is 26.0 Å². The van der Waals surface area contributed by atoms with E-state index in [9.17, 15) is 14.0 Å². The van der Waals surface area contributed by atoms with Crippen LogP contribution >= 0.6 is 0 Å². The quantitative estimate of drug-likeness (QED) is 0.754. The molecule has 1 atom stereocenters. The number of ether oxygens (including phenoxy) is 2. The first-order valence-electron chi connectivity index (χ1n) is 10.1. The third-order valence-electron chi connectivity index (χ3n) is 5.03. The second-order valence-electron chi connectivity index (χ2n) is 7.50. The molecule has 2 aromatic rings. The highest BCUT2D eigenvalue weighted by Gasteiger charge is 2.29. The minimum absolute atomic E-state index is 0.125. The molecular formula is C23H27FN2O4. The molecule has 0 aromatic heterocycles. The molecule has 3 rings (SSSR count). The number of hydrogen-bond acceptors (Lipinski definition) is 4. The lowest BCUT2D eigenvalue weighted by Gasteiger charge is -2.30. The Bertz CT molecular complexity index is 899. The van der Waals surface area contributed by atoms with Crippen molar-refractivity contribution in [1.82, 2.24) is 10.2 Å². The Morgan fingerprint density at radius 1 is 1.10 bits per heavy atom. The van der Waals surface area contributed by atoms with Gasteiger partial charge in [0.05, 0.1) is 0 Å². The molecule has 160 valence electrons. The first-order chi connectivity index (χ1) is 14.4. The van der Waals surface area contributed by atoms with Gasteiger partial charge in [0.25, 0.3) is 5.91 Å². The van der Waals surface area contributed by atoms with Gasteiger partial charge in [0.1, 0.15) is 25.1 Å². The van der Waals surface area contributed by atoms with Gasteiger partial charge in [-0.25, -0.2) is 4.39 Å². The molecule has 1 aliphatic rings. The summed E-state index contributed by atoms with van der Waals surface area (Å²) >= 11 is 0. The number of carbonyl (C=O) groups is 2. The molecule has 2 aromatic carbocycles. The van der Waals surface area contributed by atoms with Crippen LogP contribution in [0.1, 0.15) is 36.7 Å². The summed E-state index contributed by atoms with van der Waals surface area (Å²) in [5, 5.41) is 2.81. The Hall–Kier alpha value is -3.09. The van der Waals surface area contributed by atoms with Gasteiger partial charge in [-0.05, 0) is 43.2 Å². The smallest absolute Gasteiger partial charge is 0.251 e. The van der Waals surface area contributed by atoms with Gasteiger partial charge in [0.15, 0.2) is 11.5 Å². The molecule has 0 saturated carbocycles. The second-order valence-corrected chi connectivity index (χ2v) is 7.50. The lowest BCUT2D eigenvalue weighted by molar-refractivity contribution is -0.134. The maximum Gasteiger partial charge on any atom is 0.251 e. The topological polar surface area (TPSA) is 67.9 Å². The van der Waals surface area contributed by atoms with Crippen LogP contribution in [0.3, 0.4) is 0 Å². The van der Waals surface area contributed by atoms with Gasteiger partial charge in [0, 0.05) is 24.2 Å². The molecule has 0 radical (unpaired) electrons. The number of likely N-dealkylation sites (N-methyl/N-ethyl adjacent to an activating group) is 1. The van der Waals surface area contributed by atoms with Crippen molar-refractivity contribution in [2.45, 2.75) is 33.4 Å². The van der Waals surface area contributed by atoms with Crippen molar-refractivity contribution in [3.8, 4) is 11.5 Å². The Labute approximate surface area is 176 Å². The molecule has 1 N–H and O–H groups in total. The van der Waals surface area contributed by atoms with Crippen LogP contribution in [0, 0.1) is 11.7 Å². The predicted octanol–water partition coefficient (Wildman–Crippen LogP) is 3.40. The van der Waals surface area contributed by atoms with Crippen molar-refractivity contribution in [3.05, 3.63) is 59.4 Å². The van der Waals surface area contributed by atoms with Gasteiger partial charge in [0.2, 0.25) is 5.91 Å². The van der Waals surface area contributed by atoms with E-state index in [1.54, 1.807) is 4.90 Å². The van der Waals surface area contributed by atoms with Crippen molar-refractivity contribution in [2.75, 3.05) is 19.8 Å². The number of halogens is 1. The van der Waals surface area contributed by atoms with E-state index < -0.39 is 17.8 Å². The summed E-state index contributed by atoms with van der Waals surface area (Å²) in [6.07, 6.45) is 0. The summed E-state index contributed by atoms with van der Waals surface area (Å²) in [5.41, 5.74) is 1.16. The Kier molecular flexibility index (Phi) is 6.92. The lowest BCUT2D eigenvalue weighted by Crippen LogP contribution is -2.51. The molecule has 1 heterocycles. The van der Waals surface area contributed by atoms with Gasteiger partial charge < -0.3 is 19.7 Å². The molecule has 0 saturated heterocycles. The van der Waals surface area contributed by atoms with Gasteiger partial charge >= 0.3 is 0 Å². The molecule has 0 bridgehead atoms. The van der Waals surface area contributed by atoms with Crippen LogP contribution in [-0.4, -0.2) is 42.5 Å². The van der Waals surface area contributed by atoms with Crippen LogP contribution in [0.25, 0.3) is 0 Å². The zero-order valence-electron chi connectivity index (χ0n) is 17.5. The summed E-state index contributed by atoms with van der Waals surface area (Å²) in [4.78, 5) is 27.6. The minimum Gasteiger partial charge on any atom is -0.486 e. The molecule has 0 fully saturated rings. The molecule has 30 heavy (non-hydrogen) atoms. The highest BCUT2D eigenvalue weighted by atomic mass is 19.1. The van der Waals surface area contributed by atoms with E-state index in [1.165, 1.54) is 24.3 Å². The van der Waals surface area contributed by atoms with Crippen LogP contribution in [-0.2, 0) is 11.3 Å². The van der Waals surface area contributed by atoms with Crippen LogP contribution < -0.4 is 14.8 Å². The number of para-hydroxylation sites is 1. The van der Waals surface area contributed by atoms with Crippen molar-refractivity contribution in [2.24, 2.45) is 5.92 Å². The Morgan fingerprint density at radius 2 is 1.80 bits per heavy atom. The lowest BCUT2D eigenvalue weighted by atomic mass is 10.0. The minimum atomic E-state index is -0.709. The van der Waals surface area contributed by atoms with Gasteiger partial charge in [-0.3, -0.25) is 9.59 Å². The van der Waals surface area contributed by atoms with Gasteiger partial charge in [-0.15, -0.1) is 0 Å². The molecule has 2 amide bonds. The van der Waals surface area contributed by atoms with E-state index in [4.69, 9.17) is 9.47 Å². The van der Waals surface area contributed by atoms with Crippen molar-refractivity contribution in [1.29, 1.82) is 0 Å². The number of rotatable bonds is 7. The number of carbonyl (C=O) groups excluding carboxylic acids is 2. The third kappa shape index (κ3) is 4.90. The molecule has 1 aliphatic heterocycles. The fraction of sp³-hybridized carbons (Fsp3) is 0.391. The summed E-state index contributed by atoms with van der Waals surface area (Å²) in [6, 6.07) is 10.2. The highest BCUT2D eigenvalue weighted by molar-refractivity contribution is 5.97. The fourth-order valence-electron chi connectivity index (χ4n) is 3.35. The van der Waals surface area contributed by atoms with E-state index in [-0.39, 0.29) is 11.8 Å². The predicted molar refractivity (Wildman–Crippen MR) is 111 cm³/mol. The Morgan fingerprint density at radius 3 is 2.47 bits per heavy atom. The normalized spacial score (nSPS) is 13.6. The number of benzene rings is 2. The molecule has 6 nitrogen and oxygen atoms in total. The summed E-state index contributed by atoms with van der Waals surface area (Å²) in [5.74, 6) is 0.195. The van der Waals surface area contributed by atoms with Crippen LogP contribution in [0.5, 0.6) is 11.5 Å². The van der Waals surface area contributed by atoms with Crippen LogP contribution in [0.15, 0.2) is 42.5 Å². The molecule has 0 spiro atoms. The average molecular weight is 414 g/mol. The SMILES string of the molecule is CCN(Cc1cccc2c1OCCO2)C(=O)C(NC(=O)c1ccc(F)cc1)C(C)C. The van der Waals surface area contributed by atoms with Gasteiger partial charge in [-0.2, -0.15) is 0 Å². The molecule has 1 unspecified atom stereocenters. The zero-order valence-corrected chi connectivity index (χ0v) is 17.5. The monoisotopic (exact) mass is 414 g/mol. The van der Waals surface area contributed by atoms with E-state index >= 15 is 0 Å². The summed E-state index contributed by atoms with van der Waals surface area (Å²) in [6.45, 7) is 7.43. The zero-order chi connectivity index (χ0) is 21.7. The first kappa shape index (κ1) is 21.6. The summed E-state index contributed by atoms with van der Waals surface area (Å²) in [7, 11) is 0. The number of nitrogens with one attached hydrogen (secondary N) is 1. The number of hydrogen-bond donors (Lipinski definition) is 1. The van der Waals surface area contributed by atoms with E-state index in [0.717, 1.165) is 5.56 Å². The van der Waals surface area contributed by atoms with E-state index in [1.807, 2.05) is 39.0 Å². The maximum absolute atomic E-state index is 13.3. The highest BCUT2D eigenvalue weighted by Crippen LogP contribution is 2.34. The maximum atomic E-state index is 13.3. The van der Waals surface area contributed by atoms with Crippen molar-refractivity contribution < 1.29 is 23.5 Å². The Balaban J connectivity index is 1.76. The third-order valence-corrected chi connectivity index (χ3v) is 5.03. The molecule has 7 heteroatoms. The number of nitrogens with zero attached hydrogens (tertiary/aromatic N) is 1. The van der Waals surface area contributed by atoms with Crippen LogP contribution in [0.4, 0.5) is 4.39 Å². The van der Waals surface area contributed by atoms with E-state index in [2.05, 4.69) is 5.32 Å². The van der Waals surface area contributed by atoms with Crippen molar-refractivity contribution >= 4 is 11.8 Å². The largest absolute Gasteiger partial charge is 0.486 e. The first-order valence-corrected chi connectivity index (χ1v) is 10.1. The number of fused-ring (bicyclic) bond motifs is 1. The molecular weight excluding hydrogens is 387 g/mol. The average Bonchev–Trinajstić information content (AvgIpc) is 2.75. The number of amides is 2. The standard InChI is InChI=1S/C23H27FN2O4/c1-4-26(14-17-6-5-7-19-21(17)30-13-12-29-19)23(28)20(15(2)3)25-22(27)16-8-10-18(24)11-9-16/h5-11,15,20H,4,12-14H2,1-3H3,(H,25,27).